The molecule has 0 aromatic heterocycles. The number of carbonyl (C=O) groups is 1. The van der Waals surface area contributed by atoms with Crippen molar-refractivity contribution in [1.82, 2.24) is 0 Å². The van der Waals surface area contributed by atoms with Gasteiger partial charge in [0.25, 0.3) is 6.10 Å². The Labute approximate surface area is 85.1 Å². The molecular weight excluding hydrogens is 254 g/mol. The van der Waals surface area contributed by atoms with Gasteiger partial charge in [-0.2, -0.15) is 26.3 Å². The molecule has 0 aromatic rings. The quantitative estimate of drug-likeness (QED) is 0.442. The van der Waals surface area contributed by atoms with Crippen LogP contribution in [0.2, 0.25) is 0 Å². The average Bonchev–Trinajstić information content (AvgIpc) is 1.96. The van der Waals surface area contributed by atoms with Crippen molar-refractivity contribution >= 4 is 17.6 Å². The molecule has 0 amide bonds. The molecule has 0 atom stereocenters. The van der Waals surface area contributed by atoms with E-state index in [1.54, 1.807) is 0 Å². The van der Waals surface area contributed by atoms with Gasteiger partial charge in [-0.3, -0.25) is 4.79 Å². The second kappa shape index (κ2) is 4.91. The van der Waals surface area contributed by atoms with Crippen LogP contribution in [0.25, 0.3) is 0 Å². The van der Waals surface area contributed by atoms with Gasteiger partial charge in [-0.05, 0) is 0 Å². The zero-order valence-corrected chi connectivity index (χ0v) is 7.71. The number of esters is 1. The van der Waals surface area contributed by atoms with Gasteiger partial charge < -0.3 is 4.74 Å². The highest BCUT2D eigenvalue weighted by atomic mass is 35.5. The lowest BCUT2D eigenvalue weighted by molar-refractivity contribution is -0.313. The van der Waals surface area contributed by atoms with Crippen molar-refractivity contribution < 1.29 is 35.9 Å². The van der Waals surface area contributed by atoms with Crippen LogP contribution in [0.1, 0.15) is 6.42 Å². The summed E-state index contributed by atoms with van der Waals surface area (Å²) in [4.78, 5) is 10.4. The second-order valence-corrected chi connectivity index (χ2v) is 2.77. The largest absolute Gasteiger partial charge is 0.443 e. The molecule has 0 saturated carbocycles. The van der Waals surface area contributed by atoms with Gasteiger partial charge in [0.15, 0.2) is 0 Å². The molecule has 0 bridgehead atoms. The van der Waals surface area contributed by atoms with E-state index in [0.717, 1.165) is 0 Å². The first-order chi connectivity index (χ1) is 6.59. The molecule has 0 rings (SSSR count). The van der Waals surface area contributed by atoms with Gasteiger partial charge in [-0.15, -0.1) is 11.6 Å². The molecule has 0 saturated heterocycles. The lowest BCUT2D eigenvalue weighted by Gasteiger charge is -2.22. The SMILES string of the molecule is O=C(CCCl)OC(C(F)(F)F)C(F)(F)F. The zero-order chi connectivity index (χ0) is 12.3. The van der Waals surface area contributed by atoms with Crippen molar-refractivity contribution in [3.05, 3.63) is 0 Å². The topological polar surface area (TPSA) is 26.3 Å². The Balaban J connectivity index is 4.62. The minimum absolute atomic E-state index is 0.415. The van der Waals surface area contributed by atoms with Gasteiger partial charge in [0.1, 0.15) is 0 Å². The number of ether oxygens (including phenoxy) is 1. The monoisotopic (exact) mass is 258 g/mol. The van der Waals surface area contributed by atoms with Crippen molar-refractivity contribution in [3.8, 4) is 0 Å². The van der Waals surface area contributed by atoms with Crippen molar-refractivity contribution in [3.63, 3.8) is 0 Å². The molecular formula is C6H5ClF6O2. The van der Waals surface area contributed by atoms with Crippen molar-refractivity contribution in [1.29, 1.82) is 0 Å². The third kappa shape index (κ3) is 5.10. The Kier molecular flexibility index (Phi) is 4.69. The van der Waals surface area contributed by atoms with Crippen LogP contribution in [0, 0.1) is 0 Å². The van der Waals surface area contributed by atoms with E-state index in [4.69, 9.17) is 11.6 Å². The van der Waals surface area contributed by atoms with Gasteiger partial charge >= 0.3 is 18.3 Å². The molecule has 0 fully saturated rings. The molecule has 15 heavy (non-hydrogen) atoms. The molecule has 0 unspecified atom stereocenters. The minimum Gasteiger partial charge on any atom is -0.443 e. The maximum atomic E-state index is 11.8. The number of hydrogen-bond acceptors (Lipinski definition) is 2. The maximum absolute atomic E-state index is 11.8. The highest BCUT2D eigenvalue weighted by molar-refractivity contribution is 6.18. The first-order valence-corrected chi connectivity index (χ1v) is 4.01. The standard InChI is InChI=1S/C6H5ClF6O2/c7-2-1-3(14)15-4(5(8,9)10)6(11,12)13/h4H,1-2H2. The summed E-state index contributed by atoms with van der Waals surface area (Å²) in [5.41, 5.74) is 0. The van der Waals surface area contributed by atoms with E-state index in [-0.39, 0.29) is 0 Å². The first-order valence-electron chi connectivity index (χ1n) is 3.48. The van der Waals surface area contributed by atoms with Crippen LogP contribution in [0.4, 0.5) is 26.3 Å². The Morgan fingerprint density at radius 3 is 1.80 bits per heavy atom. The van der Waals surface area contributed by atoms with Gasteiger partial charge in [-0.1, -0.05) is 0 Å². The molecule has 90 valence electrons. The van der Waals surface area contributed by atoms with E-state index in [1.807, 2.05) is 0 Å². The Hall–Kier alpha value is -0.660. The minimum atomic E-state index is -5.68. The number of halogens is 7. The van der Waals surface area contributed by atoms with E-state index in [1.165, 1.54) is 0 Å². The smallest absolute Gasteiger partial charge is 0.434 e. The van der Waals surface area contributed by atoms with Crippen LogP contribution in [0.5, 0.6) is 0 Å². The number of rotatable bonds is 3. The van der Waals surface area contributed by atoms with Crippen LogP contribution >= 0.6 is 11.6 Å². The molecule has 0 aromatic carbocycles. The van der Waals surface area contributed by atoms with Crippen molar-refractivity contribution in [2.24, 2.45) is 0 Å². The molecule has 0 N–H and O–H groups in total. The number of alkyl halides is 7. The fourth-order valence-electron chi connectivity index (χ4n) is 0.587. The van der Waals surface area contributed by atoms with E-state index >= 15 is 0 Å². The summed E-state index contributed by atoms with van der Waals surface area (Å²) in [6.45, 7) is 0. The fourth-order valence-corrected chi connectivity index (χ4v) is 0.741. The number of carbonyl (C=O) groups excluding carboxylic acids is 1. The normalized spacial score (nSPS) is 13.1. The summed E-state index contributed by atoms with van der Waals surface area (Å²) in [6.07, 6.45) is -16.2. The third-order valence-corrected chi connectivity index (χ3v) is 1.33. The molecule has 0 heterocycles. The lowest BCUT2D eigenvalue weighted by Crippen LogP contribution is -2.45. The Bertz CT molecular complexity index is 209. The van der Waals surface area contributed by atoms with E-state index in [2.05, 4.69) is 4.74 Å². The summed E-state index contributed by atoms with van der Waals surface area (Å²) in [5, 5.41) is 0. The van der Waals surface area contributed by atoms with Crippen LogP contribution in [-0.4, -0.2) is 30.3 Å². The third-order valence-electron chi connectivity index (χ3n) is 1.14. The van der Waals surface area contributed by atoms with E-state index in [0.29, 0.717) is 0 Å². The highest BCUT2D eigenvalue weighted by Crippen LogP contribution is 2.35. The van der Waals surface area contributed by atoms with E-state index in [9.17, 15) is 31.1 Å². The Morgan fingerprint density at radius 1 is 1.13 bits per heavy atom. The summed E-state index contributed by atoms with van der Waals surface area (Å²) in [5.74, 6) is -2.06. The predicted molar refractivity (Wildman–Crippen MR) is 37.3 cm³/mol. The summed E-state index contributed by atoms with van der Waals surface area (Å²) >= 11 is 4.95. The zero-order valence-electron chi connectivity index (χ0n) is 6.95. The predicted octanol–water partition coefficient (Wildman–Crippen LogP) is 2.65. The maximum Gasteiger partial charge on any atom is 0.434 e. The molecule has 2 nitrogen and oxygen atoms in total. The Morgan fingerprint density at radius 2 is 1.53 bits per heavy atom. The second-order valence-electron chi connectivity index (χ2n) is 2.39. The molecule has 9 heteroatoms. The van der Waals surface area contributed by atoms with Gasteiger partial charge in [0.2, 0.25) is 0 Å². The summed E-state index contributed by atoms with van der Waals surface area (Å²) in [6, 6.07) is 0. The fraction of sp³-hybridized carbons (Fsp3) is 0.833. The van der Waals surface area contributed by atoms with Crippen molar-refractivity contribution in [2.45, 2.75) is 24.9 Å². The first kappa shape index (κ1) is 14.3. The summed E-state index contributed by atoms with van der Waals surface area (Å²) < 4.78 is 74.0. The molecule has 0 aliphatic heterocycles. The number of hydrogen-bond donors (Lipinski definition) is 0. The van der Waals surface area contributed by atoms with Crippen molar-refractivity contribution in [2.75, 3.05) is 5.88 Å². The highest BCUT2D eigenvalue weighted by Gasteiger charge is 2.59. The van der Waals surface area contributed by atoms with Gasteiger partial charge in [0.05, 0.1) is 6.42 Å². The van der Waals surface area contributed by atoms with Crippen LogP contribution in [-0.2, 0) is 9.53 Å². The van der Waals surface area contributed by atoms with Crippen LogP contribution in [0.3, 0.4) is 0 Å². The van der Waals surface area contributed by atoms with Crippen LogP contribution in [0.15, 0.2) is 0 Å². The van der Waals surface area contributed by atoms with E-state index < -0.39 is 36.7 Å². The van der Waals surface area contributed by atoms with Crippen LogP contribution < -0.4 is 0 Å². The van der Waals surface area contributed by atoms with Gasteiger partial charge in [-0.25, -0.2) is 0 Å². The lowest BCUT2D eigenvalue weighted by atomic mass is 10.3. The van der Waals surface area contributed by atoms with Gasteiger partial charge in [0, 0.05) is 5.88 Å². The summed E-state index contributed by atoms with van der Waals surface area (Å²) in [7, 11) is 0. The molecule has 0 spiro atoms. The average molecular weight is 259 g/mol. The molecule has 0 aliphatic rings. The molecule has 0 radical (unpaired) electrons. The molecule has 0 aliphatic carbocycles.